The molecule has 13 heavy (non-hydrogen) atoms. The molecule has 3 nitrogen and oxygen atoms in total. The summed E-state index contributed by atoms with van der Waals surface area (Å²) in [6, 6.07) is 5.90. The second-order valence-corrected chi connectivity index (χ2v) is 2.72. The quantitative estimate of drug-likeness (QED) is 0.693. The molecule has 0 radical (unpaired) electrons. The summed E-state index contributed by atoms with van der Waals surface area (Å²) in [5.74, 6) is 0.756. The van der Waals surface area contributed by atoms with Crippen LogP contribution in [0, 0.1) is 0 Å². The number of methoxy groups -OCH3 is 1. The van der Waals surface area contributed by atoms with Gasteiger partial charge in [-0.15, -0.1) is 0 Å². The second kappa shape index (κ2) is 4.72. The van der Waals surface area contributed by atoms with Gasteiger partial charge in [0, 0.05) is 0 Å². The number of rotatable bonds is 4. The van der Waals surface area contributed by atoms with E-state index in [-0.39, 0.29) is 6.73 Å². The number of nitrogens with one attached hydrogen (secondary N) is 1. The normalized spacial score (nSPS) is 9.77. The first-order valence-electron chi connectivity index (χ1n) is 4.33. The second-order valence-electron chi connectivity index (χ2n) is 2.72. The predicted molar refractivity (Wildman–Crippen MR) is 53.1 cm³/mol. The average molecular weight is 181 g/mol. The maximum Gasteiger partial charge on any atom is 0.142 e. The van der Waals surface area contributed by atoms with E-state index in [1.54, 1.807) is 7.11 Å². The van der Waals surface area contributed by atoms with E-state index in [0.717, 1.165) is 17.9 Å². The lowest BCUT2D eigenvalue weighted by Gasteiger charge is -2.10. The Balaban J connectivity index is 2.95. The van der Waals surface area contributed by atoms with E-state index in [4.69, 9.17) is 9.84 Å². The molecule has 0 atom stereocenters. The van der Waals surface area contributed by atoms with Gasteiger partial charge in [0.25, 0.3) is 0 Å². The van der Waals surface area contributed by atoms with Gasteiger partial charge in [0.2, 0.25) is 0 Å². The largest absolute Gasteiger partial charge is 0.495 e. The zero-order valence-corrected chi connectivity index (χ0v) is 8.00. The number of benzene rings is 1. The van der Waals surface area contributed by atoms with Gasteiger partial charge in [-0.25, -0.2) is 0 Å². The first-order chi connectivity index (χ1) is 6.31. The van der Waals surface area contributed by atoms with E-state index in [0.29, 0.717) is 0 Å². The summed E-state index contributed by atoms with van der Waals surface area (Å²) in [4.78, 5) is 0. The lowest BCUT2D eigenvalue weighted by molar-refractivity contribution is 0.324. The van der Waals surface area contributed by atoms with Gasteiger partial charge in [0.05, 0.1) is 12.8 Å². The maximum atomic E-state index is 8.74. The minimum absolute atomic E-state index is 0.0798. The zero-order chi connectivity index (χ0) is 9.68. The van der Waals surface area contributed by atoms with Crippen molar-refractivity contribution in [3.63, 3.8) is 0 Å². The van der Waals surface area contributed by atoms with Gasteiger partial charge in [0.1, 0.15) is 12.5 Å². The van der Waals surface area contributed by atoms with Crippen molar-refractivity contribution >= 4 is 5.69 Å². The van der Waals surface area contributed by atoms with Crippen LogP contribution in [0.3, 0.4) is 0 Å². The molecule has 0 aliphatic carbocycles. The Bertz CT molecular complexity index is 274. The van der Waals surface area contributed by atoms with E-state index in [9.17, 15) is 0 Å². The molecule has 0 fully saturated rings. The summed E-state index contributed by atoms with van der Waals surface area (Å²) in [6.45, 7) is 2.01. The highest BCUT2D eigenvalue weighted by Gasteiger charge is 2.01. The number of aryl methyl sites for hydroxylation is 1. The van der Waals surface area contributed by atoms with Crippen LogP contribution in [-0.2, 0) is 6.42 Å². The van der Waals surface area contributed by atoms with Crippen LogP contribution >= 0.6 is 0 Å². The van der Waals surface area contributed by atoms with Gasteiger partial charge in [-0.05, 0) is 24.1 Å². The summed E-state index contributed by atoms with van der Waals surface area (Å²) in [5, 5.41) is 11.6. The molecule has 0 bridgehead atoms. The zero-order valence-electron chi connectivity index (χ0n) is 8.00. The number of hydrogen-bond acceptors (Lipinski definition) is 3. The minimum atomic E-state index is -0.0798. The van der Waals surface area contributed by atoms with Gasteiger partial charge in [-0.1, -0.05) is 13.0 Å². The topological polar surface area (TPSA) is 41.5 Å². The van der Waals surface area contributed by atoms with Gasteiger partial charge in [-0.3, -0.25) is 0 Å². The van der Waals surface area contributed by atoms with E-state index < -0.39 is 0 Å². The fourth-order valence-electron chi connectivity index (χ4n) is 1.20. The minimum Gasteiger partial charge on any atom is -0.495 e. The Labute approximate surface area is 78.3 Å². The fraction of sp³-hybridized carbons (Fsp3) is 0.400. The molecular formula is C10H15NO2. The van der Waals surface area contributed by atoms with Crippen LogP contribution in [0.15, 0.2) is 18.2 Å². The van der Waals surface area contributed by atoms with Crippen molar-refractivity contribution in [1.29, 1.82) is 0 Å². The van der Waals surface area contributed by atoms with Crippen molar-refractivity contribution in [3.8, 4) is 5.75 Å². The van der Waals surface area contributed by atoms with Crippen LogP contribution in [0.2, 0.25) is 0 Å². The molecule has 0 amide bonds. The number of hydrogen-bond donors (Lipinski definition) is 2. The lowest BCUT2D eigenvalue weighted by atomic mass is 10.1. The molecule has 1 rings (SSSR count). The first-order valence-corrected chi connectivity index (χ1v) is 4.33. The summed E-state index contributed by atoms with van der Waals surface area (Å²) >= 11 is 0. The highest BCUT2D eigenvalue weighted by atomic mass is 16.5. The molecule has 0 aliphatic heterocycles. The molecule has 0 aliphatic rings. The van der Waals surface area contributed by atoms with E-state index in [2.05, 4.69) is 12.2 Å². The van der Waals surface area contributed by atoms with Gasteiger partial charge in [-0.2, -0.15) is 0 Å². The third-order valence-corrected chi connectivity index (χ3v) is 1.94. The third-order valence-electron chi connectivity index (χ3n) is 1.94. The van der Waals surface area contributed by atoms with Gasteiger partial charge < -0.3 is 15.2 Å². The van der Waals surface area contributed by atoms with Crippen LogP contribution < -0.4 is 10.1 Å². The molecule has 2 N–H and O–H groups in total. The van der Waals surface area contributed by atoms with Crippen molar-refractivity contribution in [2.75, 3.05) is 19.2 Å². The Morgan fingerprint density at radius 3 is 2.77 bits per heavy atom. The Hall–Kier alpha value is -1.22. The van der Waals surface area contributed by atoms with Crippen molar-refractivity contribution in [1.82, 2.24) is 0 Å². The average Bonchev–Trinajstić information content (AvgIpc) is 2.18. The highest BCUT2D eigenvalue weighted by molar-refractivity contribution is 5.57. The SMILES string of the molecule is CCc1ccc(OC)c(NCO)c1. The predicted octanol–water partition coefficient (Wildman–Crippen LogP) is 1.62. The number of aliphatic hydroxyl groups excluding tert-OH is 1. The molecule has 1 aromatic carbocycles. The Morgan fingerprint density at radius 1 is 1.46 bits per heavy atom. The first kappa shape index (κ1) is 9.86. The fourth-order valence-corrected chi connectivity index (χ4v) is 1.20. The summed E-state index contributed by atoms with van der Waals surface area (Å²) in [7, 11) is 1.61. The smallest absolute Gasteiger partial charge is 0.142 e. The van der Waals surface area contributed by atoms with E-state index in [1.165, 1.54) is 5.56 Å². The van der Waals surface area contributed by atoms with Crippen molar-refractivity contribution in [2.24, 2.45) is 0 Å². The Kier molecular flexibility index (Phi) is 3.58. The molecule has 0 unspecified atom stereocenters. The van der Waals surface area contributed by atoms with Crippen LogP contribution in [-0.4, -0.2) is 18.9 Å². The van der Waals surface area contributed by atoms with Crippen LogP contribution in [0.5, 0.6) is 5.75 Å². The summed E-state index contributed by atoms with van der Waals surface area (Å²) in [5.41, 5.74) is 2.06. The van der Waals surface area contributed by atoms with Crippen molar-refractivity contribution in [3.05, 3.63) is 23.8 Å². The van der Waals surface area contributed by atoms with Crippen molar-refractivity contribution in [2.45, 2.75) is 13.3 Å². The summed E-state index contributed by atoms with van der Waals surface area (Å²) < 4.78 is 5.12. The monoisotopic (exact) mass is 181 g/mol. The Morgan fingerprint density at radius 2 is 2.23 bits per heavy atom. The van der Waals surface area contributed by atoms with Gasteiger partial charge >= 0.3 is 0 Å². The molecule has 0 saturated heterocycles. The molecular weight excluding hydrogens is 166 g/mol. The number of anilines is 1. The third kappa shape index (κ3) is 2.36. The van der Waals surface area contributed by atoms with Crippen LogP contribution in [0.1, 0.15) is 12.5 Å². The number of aliphatic hydroxyl groups is 1. The molecule has 72 valence electrons. The molecule has 0 heterocycles. The molecule has 1 aromatic rings. The lowest BCUT2D eigenvalue weighted by Crippen LogP contribution is -2.02. The van der Waals surface area contributed by atoms with Crippen molar-refractivity contribution < 1.29 is 9.84 Å². The van der Waals surface area contributed by atoms with Crippen LogP contribution in [0.4, 0.5) is 5.69 Å². The van der Waals surface area contributed by atoms with Crippen LogP contribution in [0.25, 0.3) is 0 Å². The highest BCUT2D eigenvalue weighted by Crippen LogP contribution is 2.25. The molecule has 3 heteroatoms. The maximum absolute atomic E-state index is 8.74. The standard InChI is InChI=1S/C10H15NO2/c1-3-8-4-5-10(13-2)9(6-8)11-7-12/h4-6,11-12H,3,7H2,1-2H3. The molecule has 0 saturated carbocycles. The molecule has 0 aromatic heterocycles. The number of ether oxygens (including phenoxy) is 1. The van der Waals surface area contributed by atoms with Gasteiger partial charge in [0.15, 0.2) is 0 Å². The van der Waals surface area contributed by atoms with E-state index >= 15 is 0 Å². The molecule has 0 spiro atoms. The summed E-state index contributed by atoms with van der Waals surface area (Å²) in [6.07, 6.45) is 0.976. The van der Waals surface area contributed by atoms with E-state index in [1.807, 2.05) is 18.2 Å².